The maximum atomic E-state index is 12.8. The van der Waals surface area contributed by atoms with Crippen LogP contribution in [0.2, 0.25) is 0 Å². The highest BCUT2D eigenvalue weighted by Gasteiger charge is 2.13. The molecule has 0 atom stereocenters. The van der Waals surface area contributed by atoms with Gasteiger partial charge < -0.3 is 15.2 Å². The van der Waals surface area contributed by atoms with Crippen LogP contribution in [0.15, 0.2) is 66.9 Å². The number of hydrogen-bond acceptors (Lipinski definition) is 2. The lowest BCUT2D eigenvalue weighted by Gasteiger charge is -2.14. The fourth-order valence-corrected chi connectivity index (χ4v) is 2.82. The number of anilines is 2. The molecule has 0 fully saturated rings. The molecule has 0 aliphatic rings. The zero-order valence-electron chi connectivity index (χ0n) is 14.8. The molecule has 1 aromatic heterocycles. The van der Waals surface area contributed by atoms with Crippen molar-refractivity contribution >= 4 is 23.2 Å². The second-order valence-corrected chi connectivity index (χ2v) is 6.12. The molecule has 5 heteroatoms. The largest absolute Gasteiger partial charge is 0.339 e. The normalized spacial score (nSPS) is 10.4. The third-order valence-corrected chi connectivity index (χ3v) is 4.15. The van der Waals surface area contributed by atoms with Crippen LogP contribution in [0.1, 0.15) is 28.5 Å². The number of rotatable bonds is 5. The summed E-state index contributed by atoms with van der Waals surface area (Å²) in [6, 6.07) is 19.1. The van der Waals surface area contributed by atoms with Gasteiger partial charge in [0.25, 0.3) is 5.91 Å². The van der Waals surface area contributed by atoms with E-state index in [-0.39, 0.29) is 11.8 Å². The highest BCUT2D eigenvalue weighted by atomic mass is 16.2. The van der Waals surface area contributed by atoms with Crippen molar-refractivity contribution in [3.63, 3.8) is 0 Å². The van der Waals surface area contributed by atoms with Crippen molar-refractivity contribution in [1.82, 2.24) is 4.57 Å². The minimum atomic E-state index is -0.186. The number of carbonyl (C=O) groups excluding carboxylic acids is 2. The Balaban J connectivity index is 1.79. The summed E-state index contributed by atoms with van der Waals surface area (Å²) in [5.41, 5.74) is 3.89. The van der Waals surface area contributed by atoms with Gasteiger partial charge in [0, 0.05) is 31.0 Å². The maximum Gasteiger partial charge on any atom is 0.272 e. The molecule has 3 aromatic rings. The Kier molecular flexibility index (Phi) is 5.17. The van der Waals surface area contributed by atoms with E-state index < -0.39 is 0 Å². The molecule has 0 bridgehead atoms. The number of nitrogens with zero attached hydrogens (tertiary/aromatic N) is 1. The first-order chi connectivity index (χ1) is 12.5. The van der Waals surface area contributed by atoms with Crippen molar-refractivity contribution in [3.05, 3.63) is 83.7 Å². The van der Waals surface area contributed by atoms with Gasteiger partial charge in [0.05, 0.1) is 0 Å². The fourth-order valence-electron chi connectivity index (χ4n) is 2.82. The standard InChI is InChI=1S/C21H21N3O2/c1-15-18(22-16(2)25)10-6-11-19(15)23-21(26)20-12-7-13-24(20)14-17-8-4-3-5-9-17/h3-13H,14H2,1-2H3,(H,22,25)(H,23,26). The van der Waals surface area contributed by atoms with Gasteiger partial charge in [0.1, 0.15) is 5.69 Å². The quantitative estimate of drug-likeness (QED) is 0.731. The molecule has 26 heavy (non-hydrogen) atoms. The molecule has 2 N–H and O–H groups in total. The molecule has 1 heterocycles. The Labute approximate surface area is 152 Å². The molecule has 0 unspecified atom stereocenters. The van der Waals surface area contributed by atoms with Crippen molar-refractivity contribution < 1.29 is 9.59 Å². The van der Waals surface area contributed by atoms with E-state index in [0.717, 1.165) is 11.1 Å². The van der Waals surface area contributed by atoms with E-state index >= 15 is 0 Å². The topological polar surface area (TPSA) is 63.1 Å². The Bertz CT molecular complexity index is 929. The molecule has 0 aliphatic carbocycles. The van der Waals surface area contributed by atoms with Crippen LogP contribution in [-0.2, 0) is 11.3 Å². The first-order valence-electron chi connectivity index (χ1n) is 8.42. The first-order valence-corrected chi connectivity index (χ1v) is 8.42. The molecule has 132 valence electrons. The van der Waals surface area contributed by atoms with Crippen LogP contribution in [0, 0.1) is 6.92 Å². The Morgan fingerprint density at radius 1 is 0.885 bits per heavy atom. The van der Waals surface area contributed by atoms with Gasteiger partial charge in [-0.2, -0.15) is 0 Å². The average molecular weight is 347 g/mol. The van der Waals surface area contributed by atoms with Gasteiger partial charge in [-0.15, -0.1) is 0 Å². The van der Waals surface area contributed by atoms with E-state index in [0.29, 0.717) is 23.6 Å². The van der Waals surface area contributed by atoms with Gasteiger partial charge in [0.2, 0.25) is 5.91 Å². The zero-order valence-corrected chi connectivity index (χ0v) is 14.8. The summed E-state index contributed by atoms with van der Waals surface area (Å²) in [6.07, 6.45) is 1.89. The molecular formula is C21H21N3O2. The van der Waals surface area contributed by atoms with Crippen molar-refractivity contribution in [2.24, 2.45) is 0 Å². The van der Waals surface area contributed by atoms with Gasteiger partial charge in [-0.25, -0.2) is 0 Å². The third-order valence-electron chi connectivity index (χ3n) is 4.15. The van der Waals surface area contributed by atoms with E-state index in [1.54, 1.807) is 12.1 Å². The number of amides is 2. The van der Waals surface area contributed by atoms with Crippen molar-refractivity contribution in [1.29, 1.82) is 0 Å². The van der Waals surface area contributed by atoms with Crippen molar-refractivity contribution in [2.75, 3.05) is 10.6 Å². The summed E-state index contributed by atoms with van der Waals surface area (Å²) >= 11 is 0. The summed E-state index contributed by atoms with van der Waals surface area (Å²) in [7, 11) is 0. The lowest BCUT2D eigenvalue weighted by atomic mass is 10.1. The van der Waals surface area contributed by atoms with Gasteiger partial charge in [-0.3, -0.25) is 9.59 Å². The molecule has 0 spiro atoms. The second-order valence-electron chi connectivity index (χ2n) is 6.12. The Morgan fingerprint density at radius 3 is 2.27 bits per heavy atom. The molecule has 5 nitrogen and oxygen atoms in total. The van der Waals surface area contributed by atoms with Gasteiger partial charge in [-0.05, 0) is 42.3 Å². The van der Waals surface area contributed by atoms with E-state index in [4.69, 9.17) is 0 Å². The number of hydrogen-bond donors (Lipinski definition) is 2. The van der Waals surface area contributed by atoms with E-state index in [2.05, 4.69) is 10.6 Å². The van der Waals surface area contributed by atoms with Gasteiger partial charge >= 0.3 is 0 Å². The third kappa shape index (κ3) is 4.00. The first kappa shape index (κ1) is 17.5. The molecule has 0 radical (unpaired) electrons. The van der Waals surface area contributed by atoms with E-state index in [1.807, 2.05) is 66.2 Å². The van der Waals surface area contributed by atoms with Crippen LogP contribution in [0.25, 0.3) is 0 Å². The number of nitrogens with one attached hydrogen (secondary N) is 2. The number of carbonyl (C=O) groups is 2. The van der Waals surface area contributed by atoms with Crippen LogP contribution >= 0.6 is 0 Å². The zero-order chi connectivity index (χ0) is 18.5. The highest BCUT2D eigenvalue weighted by molar-refractivity contribution is 6.04. The van der Waals surface area contributed by atoms with Crippen LogP contribution < -0.4 is 10.6 Å². The molecular weight excluding hydrogens is 326 g/mol. The summed E-state index contributed by atoms with van der Waals surface area (Å²) in [6.45, 7) is 3.95. The molecule has 0 saturated carbocycles. The van der Waals surface area contributed by atoms with E-state index in [9.17, 15) is 9.59 Å². The predicted molar refractivity (Wildman–Crippen MR) is 103 cm³/mol. The summed E-state index contributed by atoms with van der Waals surface area (Å²) in [5.74, 6) is -0.331. The van der Waals surface area contributed by atoms with Gasteiger partial charge in [0.15, 0.2) is 0 Å². The number of benzene rings is 2. The molecule has 0 saturated heterocycles. The minimum Gasteiger partial charge on any atom is -0.339 e. The van der Waals surface area contributed by atoms with Gasteiger partial charge in [-0.1, -0.05) is 36.4 Å². The minimum absolute atomic E-state index is 0.145. The van der Waals surface area contributed by atoms with Crippen LogP contribution in [0.5, 0.6) is 0 Å². The Hall–Kier alpha value is -3.34. The monoisotopic (exact) mass is 347 g/mol. The van der Waals surface area contributed by atoms with Crippen molar-refractivity contribution in [2.45, 2.75) is 20.4 Å². The molecule has 2 aromatic carbocycles. The predicted octanol–water partition coefficient (Wildman–Crippen LogP) is 4.06. The Morgan fingerprint density at radius 2 is 1.58 bits per heavy atom. The van der Waals surface area contributed by atoms with Crippen LogP contribution in [0.4, 0.5) is 11.4 Å². The lowest BCUT2D eigenvalue weighted by molar-refractivity contribution is -0.114. The smallest absolute Gasteiger partial charge is 0.272 e. The number of aromatic nitrogens is 1. The van der Waals surface area contributed by atoms with Crippen LogP contribution in [0.3, 0.4) is 0 Å². The van der Waals surface area contributed by atoms with Crippen LogP contribution in [-0.4, -0.2) is 16.4 Å². The summed E-state index contributed by atoms with van der Waals surface area (Å²) in [4.78, 5) is 24.1. The summed E-state index contributed by atoms with van der Waals surface area (Å²) < 4.78 is 1.91. The summed E-state index contributed by atoms with van der Waals surface area (Å²) in [5, 5.41) is 5.71. The molecule has 0 aliphatic heterocycles. The fraction of sp³-hybridized carbons (Fsp3) is 0.143. The SMILES string of the molecule is CC(=O)Nc1cccc(NC(=O)c2cccn2Cc2ccccc2)c1C. The average Bonchev–Trinajstić information content (AvgIpc) is 3.07. The van der Waals surface area contributed by atoms with Crippen molar-refractivity contribution in [3.8, 4) is 0 Å². The molecule has 2 amide bonds. The maximum absolute atomic E-state index is 12.8. The van der Waals surface area contributed by atoms with E-state index in [1.165, 1.54) is 6.92 Å². The lowest BCUT2D eigenvalue weighted by Crippen LogP contribution is -2.18. The highest BCUT2D eigenvalue weighted by Crippen LogP contribution is 2.24. The molecule has 3 rings (SSSR count). The second kappa shape index (κ2) is 7.70.